The van der Waals surface area contributed by atoms with E-state index in [1.54, 1.807) is 0 Å². The van der Waals surface area contributed by atoms with E-state index < -0.39 is 0 Å². The fourth-order valence-corrected chi connectivity index (χ4v) is 2.42. The van der Waals surface area contributed by atoms with Crippen molar-refractivity contribution in [3.05, 3.63) is 59.7 Å². The van der Waals surface area contributed by atoms with E-state index in [-0.39, 0.29) is 5.92 Å². The van der Waals surface area contributed by atoms with Crippen molar-refractivity contribution in [1.82, 2.24) is 4.98 Å². The first-order valence-electron chi connectivity index (χ1n) is 6.12. The largest absolute Gasteiger partial charge is 0.466 e. The topological polar surface area (TPSA) is 55.0 Å². The molecule has 1 unspecified atom stereocenters. The van der Waals surface area contributed by atoms with Gasteiger partial charge in [0.05, 0.1) is 5.92 Å². The van der Waals surface area contributed by atoms with Crippen LogP contribution >= 0.6 is 0 Å². The van der Waals surface area contributed by atoms with Gasteiger partial charge in [0.25, 0.3) is 0 Å². The Labute approximate surface area is 106 Å². The van der Waals surface area contributed by atoms with Crippen molar-refractivity contribution in [2.24, 2.45) is 5.73 Å². The SMILES string of the molecule is Cc1ccc(C(CN)c2c[nH]c3ccccc23)o1. The molecule has 0 aliphatic carbocycles. The number of benzene rings is 1. The maximum absolute atomic E-state index is 5.92. The van der Waals surface area contributed by atoms with Crippen molar-refractivity contribution in [3.8, 4) is 0 Å². The molecule has 0 saturated carbocycles. The van der Waals surface area contributed by atoms with Crippen molar-refractivity contribution in [3.63, 3.8) is 0 Å². The van der Waals surface area contributed by atoms with E-state index in [2.05, 4.69) is 17.1 Å². The lowest BCUT2D eigenvalue weighted by molar-refractivity contribution is 0.465. The van der Waals surface area contributed by atoms with Gasteiger partial charge in [-0.1, -0.05) is 18.2 Å². The van der Waals surface area contributed by atoms with Crippen LogP contribution in [-0.2, 0) is 0 Å². The number of nitrogens with two attached hydrogens (primary N) is 1. The number of rotatable bonds is 3. The molecular formula is C15H16N2O. The van der Waals surface area contributed by atoms with Gasteiger partial charge in [0.1, 0.15) is 11.5 Å². The van der Waals surface area contributed by atoms with Crippen LogP contribution < -0.4 is 5.73 Å². The Morgan fingerprint density at radius 3 is 2.78 bits per heavy atom. The second kappa shape index (κ2) is 4.35. The molecule has 3 heteroatoms. The van der Waals surface area contributed by atoms with Gasteiger partial charge in [-0.2, -0.15) is 0 Å². The highest BCUT2D eigenvalue weighted by Crippen LogP contribution is 2.30. The van der Waals surface area contributed by atoms with Crippen LogP contribution in [0.4, 0.5) is 0 Å². The maximum Gasteiger partial charge on any atom is 0.112 e. The molecule has 0 spiro atoms. The number of aromatic nitrogens is 1. The smallest absolute Gasteiger partial charge is 0.112 e. The molecule has 3 aromatic rings. The molecule has 0 saturated heterocycles. The van der Waals surface area contributed by atoms with E-state index in [4.69, 9.17) is 10.2 Å². The lowest BCUT2D eigenvalue weighted by Gasteiger charge is -2.11. The molecule has 1 aromatic carbocycles. The molecule has 0 fully saturated rings. The number of fused-ring (bicyclic) bond motifs is 1. The molecule has 18 heavy (non-hydrogen) atoms. The monoisotopic (exact) mass is 240 g/mol. The molecular weight excluding hydrogens is 224 g/mol. The molecule has 0 amide bonds. The third-order valence-electron chi connectivity index (χ3n) is 3.34. The Balaban J connectivity index is 2.11. The molecule has 92 valence electrons. The predicted molar refractivity (Wildman–Crippen MR) is 72.6 cm³/mol. The van der Waals surface area contributed by atoms with Gasteiger partial charge in [-0.05, 0) is 30.7 Å². The predicted octanol–water partition coefficient (Wildman–Crippen LogP) is 3.16. The number of H-pyrrole nitrogens is 1. The average Bonchev–Trinajstić information content (AvgIpc) is 2.98. The second-order valence-electron chi connectivity index (χ2n) is 4.53. The van der Waals surface area contributed by atoms with E-state index in [1.807, 2.05) is 37.4 Å². The zero-order valence-electron chi connectivity index (χ0n) is 10.3. The molecule has 0 aliphatic rings. The van der Waals surface area contributed by atoms with Gasteiger partial charge in [-0.25, -0.2) is 0 Å². The summed E-state index contributed by atoms with van der Waals surface area (Å²) >= 11 is 0. The van der Waals surface area contributed by atoms with Crippen molar-refractivity contribution in [2.45, 2.75) is 12.8 Å². The number of nitrogens with one attached hydrogen (secondary N) is 1. The summed E-state index contributed by atoms with van der Waals surface area (Å²) in [5.74, 6) is 1.96. The van der Waals surface area contributed by atoms with Crippen LogP contribution in [0.25, 0.3) is 10.9 Å². The summed E-state index contributed by atoms with van der Waals surface area (Å²) in [7, 11) is 0. The molecule has 2 heterocycles. The summed E-state index contributed by atoms with van der Waals surface area (Å²) in [5, 5.41) is 1.21. The highest BCUT2D eigenvalue weighted by molar-refractivity contribution is 5.84. The van der Waals surface area contributed by atoms with Crippen molar-refractivity contribution >= 4 is 10.9 Å². The van der Waals surface area contributed by atoms with Crippen LogP contribution in [-0.4, -0.2) is 11.5 Å². The zero-order chi connectivity index (χ0) is 12.5. The zero-order valence-corrected chi connectivity index (χ0v) is 10.3. The summed E-state index contributed by atoms with van der Waals surface area (Å²) in [6.45, 7) is 2.49. The van der Waals surface area contributed by atoms with Gasteiger partial charge in [-0.3, -0.25) is 0 Å². The summed E-state index contributed by atoms with van der Waals surface area (Å²) in [6, 6.07) is 12.2. The number of para-hydroxylation sites is 1. The average molecular weight is 240 g/mol. The Morgan fingerprint density at radius 2 is 2.06 bits per heavy atom. The molecule has 0 radical (unpaired) electrons. The van der Waals surface area contributed by atoms with E-state index in [1.165, 1.54) is 10.9 Å². The normalized spacial score (nSPS) is 13.0. The van der Waals surface area contributed by atoms with Crippen LogP contribution in [0.5, 0.6) is 0 Å². The highest BCUT2D eigenvalue weighted by Gasteiger charge is 2.19. The first-order chi connectivity index (χ1) is 8.79. The summed E-state index contributed by atoms with van der Waals surface area (Å²) in [5.41, 5.74) is 8.25. The van der Waals surface area contributed by atoms with E-state index in [9.17, 15) is 0 Å². The quantitative estimate of drug-likeness (QED) is 0.738. The minimum atomic E-state index is 0.106. The Morgan fingerprint density at radius 1 is 1.22 bits per heavy atom. The fraction of sp³-hybridized carbons (Fsp3) is 0.200. The Kier molecular flexibility index (Phi) is 2.68. The van der Waals surface area contributed by atoms with Crippen LogP contribution in [0, 0.1) is 6.92 Å². The molecule has 3 nitrogen and oxygen atoms in total. The van der Waals surface area contributed by atoms with Gasteiger partial charge < -0.3 is 15.1 Å². The number of hydrogen-bond acceptors (Lipinski definition) is 2. The molecule has 2 aromatic heterocycles. The first-order valence-corrected chi connectivity index (χ1v) is 6.12. The van der Waals surface area contributed by atoms with E-state index >= 15 is 0 Å². The number of furan rings is 1. The standard InChI is InChI=1S/C15H16N2O/c1-10-6-7-15(18-10)12(8-16)13-9-17-14-5-3-2-4-11(13)14/h2-7,9,12,17H,8,16H2,1H3. The van der Waals surface area contributed by atoms with Crippen molar-refractivity contribution in [1.29, 1.82) is 0 Å². The third-order valence-corrected chi connectivity index (χ3v) is 3.34. The highest BCUT2D eigenvalue weighted by atomic mass is 16.3. The molecule has 3 rings (SSSR count). The maximum atomic E-state index is 5.92. The molecule has 1 atom stereocenters. The lowest BCUT2D eigenvalue weighted by atomic mass is 9.96. The first kappa shape index (κ1) is 11.1. The summed E-state index contributed by atoms with van der Waals surface area (Å²) in [4.78, 5) is 3.28. The number of aromatic amines is 1. The minimum absolute atomic E-state index is 0.106. The number of hydrogen-bond donors (Lipinski definition) is 2. The summed E-state index contributed by atoms with van der Waals surface area (Å²) < 4.78 is 5.72. The van der Waals surface area contributed by atoms with Crippen LogP contribution in [0.15, 0.2) is 47.0 Å². The van der Waals surface area contributed by atoms with Gasteiger partial charge in [-0.15, -0.1) is 0 Å². The van der Waals surface area contributed by atoms with Crippen molar-refractivity contribution < 1.29 is 4.42 Å². The lowest BCUT2D eigenvalue weighted by Crippen LogP contribution is -2.12. The fourth-order valence-electron chi connectivity index (χ4n) is 2.42. The van der Waals surface area contributed by atoms with Gasteiger partial charge in [0.15, 0.2) is 0 Å². The van der Waals surface area contributed by atoms with Crippen LogP contribution in [0.2, 0.25) is 0 Å². The van der Waals surface area contributed by atoms with Gasteiger partial charge in [0, 0.05) is 23.6 Å². The van der Waals surface area contributed by atoms with Crippen LogP contribution in [0.1, 0.15) is 23.0 Å². The minimum Gasteiger partial charge on any atom is -0.466 e. The molecule has 0 aliphatic heterocycles. The van der Waals surface area contributed by atoms with Gasteiger partial charge in [0.2, 0.25) is 0 Å². The number of aryl methyl sites for hydroxylation is 1. The Bertz CT molecular complexity index is 666. The summed E-state index contributed by atoms with van der Waals surface area (Å²) in [6.07, 6.45) is 2.03. The molecule has 0 bridgehead atoms. The van der Waals surface area contributed by atoms with Gasteiger partial charge >= 0.3 is 0 Å². The van der Waals surface area contributed by atoms with E-state index in [0.29, 0.717) is 6.54 Å². The van der Waals surface area contributed by atoms with Crippen molar-refractivity contribution in [2.75, 3.05) is 6.54 Å². The Hall–Kier alpha value is -2.00. The van der Waals surface area contributed by atoms with Crippen LogP contribution in [0.3, 0.4) is 0 Å². The van der Waals surface area contributed by atoms with E-state index in [0.717, 1.165) is 17.0 Å². The molecule has 3 N–H and O–H groups in total. The third kappa shape index (κ3) is 1.73. The second-order valence-corrected chi connectivity index (χ2v) is 4.53.